The summed E-state index contributed by atoms with van der Waals surface area (Å²) in [6.07, 6.45) is 1.70. The first-order valence-corrected chi connectivity index (χ1v) is 5.25. The Morgan fingerprint density at radius 3 is 2.64 bits per heavy atom. The van der Waals surface area contributed by atoms with E-state index in [1.54, 1.807) is 0 Å². The van der Waals surface area contributed by atoms with Crippen LogP contribution in [0.2, 0.25) is 0 Å². The van der Waals surface area contributed by atoms with Gasteiger partial charge in [0.2, 0.25) is 5.91 Å². The Morgan fingerprint density at radius 2 is 2.07 bits per heavy atom. The third kappa shape index (κ3) is 9.48. The molecular formula is C10H22N2O2. The molecule has 0 bridgehead atoms. The second kappa shape index (κ2) is 8.97. The van der Waals surface area contributed by atoms with Crippen LogP contribution in [0.25, 0.3) is 0 Å². The SMILES string of the molecule is CC(C)CNC(=O)CNCCCCO. The molecule has 0 aromatic rings. The number of aliphatic hydroxyl groups excluding tert-OH is 1. The van der Waals surface area contributed by atoms with Crippen LogP contribution in [0.3, 0.4) is 0 Å². The molecule has 4 heteroatoms. The fraction of sp³-hybridized carbons (Fsp3) is 0.900. The second-order valence-electron chi connectivity index (χ2n) is 3.81. The van der Waals surface area contributed by atoms with Gasteiger partial charge in [-0.1, -0.05) is 13.8 Å². The summed E-state index contributed by atoms with van der Waals surface area (Å²) in [4.78, 5) is 11.2. The lowest BCUT2D eigenvalue weighted by molar-refractivity contribution is -0.120. The van der Waals surface area contributed by atoms with E-state index >= 15 is 0 Å². The molecule has 0 spiro atoms. The number of unbranched alkanes of at least 4 members (excludes halogenated alkanes) is 1. The Kier molecular flexibility index (Phi) is 8.57. The highest BCUT2D eigenvalue weighted by atomic mass is 16.2. The number of hydrogen-bond acceptors (Lipinski definition) is 3. The van der Waals surface area contributed by atoms with Crippen molar-refractivity contribution in [1.82, 2.24) is 10.6 Å². The van der Waals surface area contributed by atoms with Crippen LogP contribution >= 0.6 is 0 Å². The molecule has 84 valence electrons. The molecule has 0 aliphatic heterocycles. The summed E-state index contributed by atoms with van der Waals surface area (Å²) in [6, 6.07) is 0. The normalized spacial score (nSPS) is 10.6. The maximum atomic E-state index is 11.2. The number of carbonyl (C=O) groups is 1. The van der Waals surface area contributed by atoms with Crippen molar-refractivity contribution in [3.8, 4) is 0 Å². The van der Waals surface area contributed by atoms with Gasteiger partial charge in [-0.2, -0.15) is 0 Å². The van der Waals surface area contributed by atoms with E-state index in [1.807, 2.05) is 0 Å². The van der Waals surface area contributed by atoms with Gasteiger partial charge in [0.15, 0.2) is 0 Å². The predicted octanol–water partition coefficient (Wildman–Crippen LogP) is 0.121. The standard InChI is InChI=1S/C10H22N2O2/c1-9(2)7-12-10(14)8-11-5-3-4-6-13/h9,11,13H,3-8H2,1-2H3,(H,12,14). The van der Waals surface area contributed by atoms with E-state index in [0.29, 0.717) is 12.5 Å². The van der Waals surface area contributed by atoms with Crippen molar-refractivity contribution in [2.45, 2.75) is 26.7 Å². The van der Waals surface area contributed by atoms with Crippen LogP contribution in [-0.2, 0) is 4.79 Å². The van der Waals surface area contributed by atoms with Gasteiger partial charge in [0, 0.05) is 13.2 Å². The van der Waals surface area contributed by atoms with Crippen molar-refractivity contribution in [3.05, 3.63) is 0 Å². The topological polar surface area (TPSA) is 61.4 Å². The van der Waals surface area contributed by atoms with Crippen molar-refractivity contribution in [2.24, 2.45) is 5.92 Å². The number of rotatable bonds is 8. The first-order chi connectivity index (χ1) is 6.66. The molecule has 0 atom stereocenters. The van der Waals surface area contributed by atoms with Gasteiger partial charge >= 0.3 is 0 Å². The second-order valence-corrected chi connectivity index (χ2v) is 3.81. The molecule has 0 aliphatic rings. The Bertz CT molecular complexity index is 149. The minimum Gasteiger partial charge on any atom is -0.396 e. The lowest BCUT2D eigenvalue weighted by Gasteiger charge is -2.08. The average molecular weight is 202 g/mol. The molecule has 0 aromatic carbocycles. The number of aliphatic hydroxyl groups is 1. The van der Waals surface area contributed by atoms with Crippen LogP contribution in [0.1, 0.15) is 26.7 Å². The van der Waals surface area contributed by atoms with Gasteiger partial charge in [0.25, 0.3) is 0 Å². The zero-order valence-corrected chi connectivity index (χ0v) is 9.18. The number of amides is 1. The molecule has 0 rings (SSSR count). The van der Waals surface area contributed by atoms with E-state index in [0.717, 1.165) is 25.9 Å². The molecule has 3 N–H and O–H groups in total. The van der Waals surface area contributed by atoms with Crippen LogP contribution in [0, 0.1) is 5.92 Å². The minimum absolute atomic E-state index is 0.0442. The van der Waals surface area contributed by atoms with E-state index < -0.39 is 0 Å². The molecule has 0 heterocycles. The smallest absolute Gasteiger partial charge is 0.233 e. The van der Waals surface area contributed by atoms with Gasteiger partial charge in [-0.25, -0.2) is 0 Å². The van der Waals surface area contributed by atoms with Gasteiger partial charge < -0.3 is 15.7 Å². The molecule has 0 radical (unpaired) electrons. The van der Waals surface area contributed by atoms with Crippen molar-refractivity contribution in [2.75, 3.05) is 26.2 Å². The average Bonchev–Trinajstić information content (AvgIpc) is 2.14. The van der Waals surface area contributed by atoms with E-state index in [2.05, 4.69) is 24.5 Å². The van der Waals surface area contributed by atoms with Crippen molar-refractivity contribution < 1.29 is 9.90 Å². The number of carbonyl (C=O) groups excluding carboxylic acids is 1. The van der Waals surface area contributed by atoms with E-state index in [1.165, 1.54) is 0 Å². The van der Waals surface area contributed by atoms with Gasteiger partial charge in [0.1, 0.15) is 0 Å². The van der Waals surface area contributed by atoms with Crippen molar-refractivity contribution in [1.29, 1.82) is 0 Å². The molecule has 1 amide bonds. The van der Waals surface area contributed by atoms with Crippen LogP contribution in [0.15, 0.2) is 0 Å². The van der Waals surface area contributed by atoms with E-state index in [9.17, 15) is 4.79 Å². The summed E-state index contributed by atoms with van der Waals surface area (Å²) >= 11 is 0. The Labute approximate surface area is 86.1 Å². The van der Waals surface area contributed by atoms with Crippen molar-refractivity contribution in [3.63, 3.8) is 0 Å². The third-order valence-corrected chi connectivity index (χ3v) is 1.75. The fourth-order valence-corrected chi connectivity index (χ4v) is 0.944. The fourth-order valence-electron chi connectivity index (χ4n) is 0.944. The highest BCUT2D eigenvalue weighted by molar-refractivity contribution is 5.77. The maximum Gasteiger partial charge on any atom is 0.233 e. The predicted molar refractivity (Wildman–Crippen MR) is 57.0 cm³/mol. The maximum absolute atomic E-state index is 11.2. The van der Waals surface area contributed by atoms with Crippen molar-refractivity contribution >= 4 is 5.91 Å². The third-order valence-electron chi connectivity index (χ3n) is 1.75. The summed E-state index contributed by atoms with van der Waals surface area (Å²) in [5.41, 5.74) is 0. The molecule has 0 aliphatic carbocycles. The minimum atomic E-state index is 0.0442. The van der Waals surface area contributed by atoms with Gasteiger partial charge in [-0.15, -0.1) is 0 Å². The van der Waals surface area contributed by atoms with Crippen LogP contribution in [0.4, 0.5) is 0 Å². The molecule has 0 fully saturated rings. The Hall–Kier alpha value is -0.610. The highest BCUT2D eigenvalue weighted by Crippen LogP contribution is 1.86. The number of nitrogens with one attached hydrogen (secondary N) is 2. The Balaban J connectivity index is 3.18. The van der Waals surface area contributed by atoms with E-state index in [-0.39, 0.29) is 12.5 Å². The lowest BCUT2D eigenvalue weighted by Crippen LogP contribution is -2.36. The summed E-state index contributed by atoms with van der Waals surface area (Å²) < 4.78 is 0. The lowest BCUT2D eigenvalue weighted by atomic mass is 10.2. The largest absolute Gasteiger partial charge is 0.396 e. The molecular weight excluding hydrogens is 180 g/mol. The summed E-state index contributed by atoms with van der Waals surface area (Å²) in [5.74, 6) is 0.538. The van der Waals surface area contributed by atoms with Crippen LogP contribution in [0.5, 0.6) is 0 Å². The van der Waals surface area contributed by atoms with Gasteiger partial charge in [0.05, 0.1) is 6.54 Å². The Morgan fingerprint density at radius 1 is 1.36 bits per heavy atom. The first-order valence-electron chi connectivity index (χ1n) is 5.25. The summed E-state index contributed by atoms with van der Waals surface area (Å²) in [5, 5.41) is 14.4. The van der Waals surface area contributed by atoms with Crippen LogP contribution < -0.4 is 10.6 Å². The molecule has 0 aromatic heterocycles. The van der Waals surface area contributed by atoms with Gasteiger partial charge in [-0.05, 0) is 25.3 Å². The van der Waals surface area contributed by atoms with Crippen LogP contribution in [-0.4, -0.2) is 37.3 Å². The summed E-state index contributed by atoms with van der Waals surface area (Å²) in [7, 11) is 0. The first kappa shape index (κ1) is 13.4. The zero-order chi connectivity index (χ0) is 10.8. The zero-order valence-electron chi connectivity index (χ0n) is 9.18. The monoisotopic (exact) mass is 202 g/mol. The molecule has 0 unspecified atom stereocenters. The molecule has 0 saturated carbocycles. The van der Waals surface area contributed by atoms with Gasteiger partial charge in [-0.3, -0.25) is 4.79 Å². The van der Waals surface area contributed by atoms with E-state index in [4.69, 9.17) is 5.11 Å². The summed E-state index contributed by atoms with van der Waals surface area (Å²) in [6.45, 7) is 6.25. The molecule has 4 nitrogen and oxygen atoms in total. The number of hydrogen-bond donors (Lipinski definition) is 3. The molecule has 14 heavy (non-hydrogen) atoms. The highest BCUT2D eigenvalue weighted by Gasteiger charge is 2.00. The quantitative estimate of drug-likeness (QED) is 0.490. The molecule has 0 saturated heterocycles.